The van der Waals surface area contributed by atoms with Gasteiger partial charge in [0.15, 0.2) is 10.8 Å². The third-order valence-corrected chi connectivity index (χ3v) is 5.71. The zero-order valence-corrected chi connectivity index (χ0v) is 18.3. The number of hydrogen-bond acceptors (Lipinski definition) is 2. The van der Waals surface area contributed by atoms with Gasteiger partial charge in [0.2, 0.25) is 0 Å². The van der Waals surface area contributed by atoms with Crippen LogP contribution < -0.4 is 9.80 Å². The van der Waals surface area contributed by atoms with Crippen molar-refractivity contribution in [3.05, 3.63) is 65.0 Å². The first-order valence-corrected chi connectivity index (χ1v) is 10.3. The van der Waals surface area contributed by atoms with Crippen LogP contribution in [0, 0.1) is 6.57 Å². The summed E-state index contributed by atoms with van der Waals surface area (Å²) in [5.74, 6) is -0.434. The van der Waals surface area contributed by atoms with Crippen LogP contribution in [0.25, 0.3) is 4.85 Å². The number of nitrogens with zero attached hydrogens (tertiary/aromatic N) is 3. The Bertz CT molecular complexity index is 1060. The van der Waals surface area contributed by atoms with Crippen LogP contribution in [0.15, 0.2) is 42.5 Å². The fraction of sp³-hybridized carbons (Fsp3) is 0.348. The van der Waals surface area contributed by atoms with Crippen molar-refractivity contribution in [3.8, 4) is 0 Å². The molecule has 1 fully saturated rings. The molecule has 0 bridgehead atoms. The summed E-state index contributed by atoms with van der Waals surface area (Å²) in [5, 5.41) is 0.0972. The molecule has 2 aromatic carbocycles. The van der Waals surface area contributed by atoms with Gasteiger partial charge in [-0.1, -0.05) is 31.5 Å². The molecule has 1 saturated heterocycles. The number of hydrogen-bond donors (Lipinski definition) is 0. The van der Waals surface area contributed by atoms with Crippen LogP contribution in [0.3, 0.4) is 0 Å². The van der Waals surface area contributed by atoms with E-state index in [-0.39, 0.29) is 10.8 Å². The van der Waals surface area contributed by atoms with Crippen LogP contribution >= 0.6 is 12.2 Å². The molecule has 0 radical (unpaired) electrons. The Morgan fingerprint density at radius 3 is 2.26 bits per heavy atom. The maximum atomic E-state index is 13.4. The van der Waals surface area contributed by atoms with Gasteiger partial charge in [-0.15, -0.1) is 0 Å². The standard InChI is InChI=1S/C23H22F3N3OS/c1-5-6-7-15-8-10-16(11-9-15)29-21(31)28(20(30)22(29,2)3)17-12-13-19(27-4)18(14-17)23(24,25)26/h8-14H,5-7H2,1-3H3. The number of halogens is 3. The van der Waals surface area contributed by atoms with Crippen LogP contribution in [-0.4, -0.2) is 16.6 Å². The average molecular weight is 446 g/mol. The van der Waals surface area contributed by atoms with Gasteiger partial charge >= 0.3 is 6.18 Å². The molecule has 31 heavy (non-hydrogen) atoms. The summed E-state index contributed by atoms with van der Waals surface area (Å²) >= 11 is 5.54. The van der Waals surface area contributed by atoms with Crippen molar-refractivity contribution in [2.45, 2.75) is 51.7 Å². The minimum Gasteiger partial charge on any atom is -0.304 e. The number of thiocarbonyl (C=S) groups is 1. The predicted octanol–water partition coefficient (Wildman–Crippen LogP) is 6.52. The van der Waals surface area contributed by atoms with Crippen molar-refractivity contribution >= 4 is 40.3 Å². The minimum atomic E-state index is -4.72. The van der Waals surface area contributed by atoms with E-state index < -0.39 is 28.9 Å². The van der Waals surface area contributed by atoms with Crippen molar-refractivity contribution in [2.75, 3.05) is 9.80 Å². The highest BCUT2D eigenvalue weighted by Crippen LogP contribution is 2.41. The van der Waals surface area contributed by atoms with Gasteiger partial charge in [0, 0.05) is 11.4 Å². The van der Waals surface area contributed by atoms with E-state index >= 15 is 0 Å². The quantitative estimate of drug-likeness (QED) is 0.388. The third kappa shape index (κ3) is 4.15. The molecule has 4 nitrogen and oxygen atoms in total. The molecule has 0 aliphatic carbocycles. The monoisotopic (exact) mass is 445 g/mol. The van der Waals surface area contributed by atoms with Gasteiger partial charge in [0.25, 0.3) is 5.91 Å². The summed E-state index contributed by atoms with van der Waals surface area (Å²) in [6, 6.07) is 10.9. The van der Waals surface area contributed by atoms with E-state index in [4.69, 9.17) is 18.8 Å². The minimum absolute atomic E-state index is 0.00938. The number of benzene rings is 2. The molecule has 162 valence electrons. The topological polar surface area (TPSA) is 27.9 Å². The number of amides is 1. The summed E-state index contributed by atoms with van der Waals surface area (Å²) in [4.78, 5) is 18.9. The number of carbonyl (C=O) groups is 1. The molecule has 0 unspecified atom stereocenters. The Morgan fingerprint density at radius 2 is 1.71 bits per heavy atom. The first-order valence-electron chi connectivity index (χ1n) is 9.88. The second kappa shape index (κ2) is 8.31. The van der Waals surface area contributed by atoms with Crippen molar-refractivity contribution in [1.82, 2.24) is 0 Å². The Balaban J connectivity index is 2.01. The Morgan fingerprint density at radius 1 is 1.10 bits per heavy atom. The zero-order chi connectivity index (χ0) is 23.0. The van der Waals surface area contributed by atoms with Crippen LogP contribution in [-0.2, 0) is 17.4 Å². The number of aryl methyl sites for hydroxylation is 1. The van der Waals surface area contributed by atoms with E-state index in [1.165, 1.54) is 11.6 Å². The third-order valence-electron chi connectivity index (χ3n) is 5.35. The van der Waals surface area contributed by atoms with E-state index in [1.54, 1.807) is 18.7 Å². The SMILES string of the molecule is [C-]#[N+]c1ccc(N2C(=O)C(C)(C)N(c3ccc(CCCC)cc3)C2=S)cc1C(F)(F)F. The summed E-state index contributed by atoms with van der Waals surface area (Å²) < 4.78 is 40.3. The van der Waals surface area contributed by atoms with Gasteiger partial charge in [-0.25, -0.2) is 4.85 Å². The maximum absolute atomic E-state index is 13.4. The summed E-state index contributed by atoms with van der Waals surface area (Å²) in [6.07, 6.45) is -1.62. The molecular formula is C23H22F3N3OS. The zero-order valence-electron chi connectivity index (χ0n) is 17.5. The van der Waals surface area contributed by atoms with Gasteiger partial charge in [-0.2, -0.15) is 13.2 Å². The molecule has 0 N–H and O–H groups in total. The number of carbonyl (C=O) groups excluding carboxylic acids is 1. The Kier molecular flexibility index (Phi) is 6.10. The van der Waals surface area contributed by atoms with E-state index in [0.29, 0.717) is 5.69 Å². The molecule has 1 aliphatic rings. The fourth-order valence-electron chi connectivity index (χ4n) is 3.64. The first-order chi connectivity index (χ1) is 14.5. The van der Waals surface area contributed by atoms with Crippen LogP contribution in [0.4, 0.5) is 30.2 Å². The van der Waals surface area contributed by atoms with Crippen LogP contribution in [0.1, 0.15) is 44.7 Å². The average Bonchev–Trinajstić information content (AvgIpc) is 2.90. The molecule has 1 amide bonds. The highest BCUT2D eigenvalue weighted by Gasteiger charge is 2.50. The normalized spacial score (nSPS) is 16.0. The van der Waals surface area contributed by atoms with Gasteiger partial charge in [0.05, 0.1) is 12.1 Å². The number of unbranched alkanes of at least 4 members (excludes halogenated alkanes) is 1. The molecule has 0 saturated carbocycles. The van der Waals surface area contributed by atoms with Crippen molar-refractivity contribution in [2.24, 2.45) is 0 Å². The van der Waals surface area contributed by atoms with Gasteiger partial charge in [-0.05, 0) is 68.7 Å². The smallest absolute Gasteiger partial charge is 0.304 e. The molecule has 0 atom stereocenters. The molecular weight excluding hydrogens is 423 g/mol. The van der Waals surface area contributed by atoms with Crippen molar-refractivity contribution in [1.29, 1.82) is 0 Å². The van der Waals surface area contributed by atoms with E-state index in [1.807, 2.05) is 24.3 Å². The van der Waals surface area contributed by atoms with Crippen molar-refractivity contribution < 1.29 is 18.0 Å². The summed E-state index contributed by atoms with van der Waals surface area (Å²) in [5.41, 5.74) is -0.843. The van der Waals surface area contributed by atoms with Crippen LogP contribution in [0.2, 0.25) is 0 Å². The molecule has 0 spiro atoms. The van der Waals surface area contributed by atoms with E-state index in [2.05, 4.69) is 11.8 Å². The van der Waals surface area contributed by atoms with Gasteiger partial charge in [0.1, 0.15) is 5.54 Å². The molecule has 2 aromatic rings. The highest BCUT2D eigenvalue weighted by atomic mass is 32.1. The highest BCUT2D eigenvalue weighted by molar-refractivity contribution is 7.81. The Hall–Kier alpha value is -2.92. The van der Waals surface area contributed by atoms with Crippen LogP contribution in [0.5, 0.6) is 0 Å². The largest absolute Gasteiger partial charge is 0.407 e. The van der Waals surface area contributed by atoms with Gasteiger partial charge < -0.3 is 4.90 Å². The second-order valence-corrected chi connectivity index (χ2v) is 8.26. The second-order valence-electron chi connectivity index (χ2n) is 7.90. The predicted molar refractivity (Wildman–Crippen MR) is 119 cm³/mol. The summed E-state index contributed by atoms with van der Waals surface area (Å²) in [7, 11) is 0. The van der Waals surface area contributed by atoms with Crippen molar-refractivity contribution in [3.63, 3.8) is 0 Å². The van der Waals surface area contributed by atoms with E-state index in [9.17, 15) is 18.0 Å². The molecule has 1 aliphatic heterocycles. The Labute approximate surface area is 185 Å². The number of rotatable bonds is 5. The van der Waals surface area contributed by atoms with Gasteiger partial charge in [-0.3, -0.25) is 9.69 Å². The molecule has 0 aromatic heterocycles. The lowest BCUT2D eigenvalue weighted by Gasteiger charge is -2.29. The number of alkyl halides is 3. The number of anilines is 2. The summed E-state index contributed by atoms with van der Waals surface area (Å²) in [6.45, 7) is 12.5. The lowest BCUT2D eigenvalue weighted by Crippen LogP contribution is -2.44. The first kappa shape index (κ1) is 22.8. The molecule has 3 rings (SSSR count). The fourth-order valence-corrected chi connectivity index (χ4v) is 4.16. The molecule has 8 heteroatoms. The maximum Gasteiger partial charge on any atom is 0.407 e. The lowest BCUT2D eigenvalue weighted by molar-refractivity contribution is -0.136. The van der Waals surface area contributed by atoms with E-state index in [0.717, 1.165) is 36.3 Å². The lowest BCUT2D eigenvalue weighted by atomic mass is 10.0. The molecule has 1 heterocycles.